The topological polar surface area (TPSA) is 18.5 Å². The van der Waals surface area contributed by atoms with Gasteiger partial charge in [0.15, 0.2) is 0 Å². The Balaban J connectivity index is 2.14. The minimum atomic E-state index is -0.113. The first-order valence-electron chi connectivity index (χ1n) is 7.54. The minimum Gasteiger partial charge on any atom is -0.369 e. The van der Waals surface area contributed by atoms with Crippen LogP contribution in [0.2, 0.25) is 0 Å². The van der Waals surface area contributed by atoms with Gasteiger partial charge in [0.25, 0.3) is 0 Å². The second kappa shape index (κ2) is 7.04. The molecule has 1 aromatic carbocycles. The number of rotatable bonds is 5. The van der Waals surface area contributed by atoms with Crippen molar-refractivity contribution >= 4 is 5.69 Å². The third kappa shape index (κ3) is 3.30. The van der Waals surface area contributed by atoms with Gasteiger partial charge in [-0.2, -0.15) is 0 Å². The predicted molar refractivity (Wildman–Crippen MR) is 82.7 cm³/mol. The van der Waals surface area contributed by atoms with Crippen molar-refractivity contribution in [2.24, 2.45) is 0 Å². The van der Waals surface area contributed by atoms with Crippen molar-refractivity contribution in [2.75, 3.05) is 38.6 Å². The number of benzene rings is 1. The lowest BCUT2D eigenvalue weighted by molar-refractivity contribution is 0.220. The van der Waals surface area contributed by atoms with Crippen LogP contribution in [-0.2, 0) is 6.54 Å². The Kier molecular flexibility index (Phi) is 5.38. The largest absolute Gasteiger partial charge is 0.369 e. The van der Waals surface area contributed by atoms with Gasteiger partial charge in [0.05, 0.1) is 5.69 Å². The predicted octanol–water partition coefficient (Wildman–Crippen LogP) is 2.47. The summed E-state index contributed by atoms with van der Waals surface area (Å²) in [4.78, 5) is 4.61. The molecule has 112 valence electrons. The van der Waals surface area contributed by atoms with Crippen molar-refractivity contribution < 1.29 is 4.39 Å². The summed E-state index contributed by atoms with van der Waals surface area (Å²) in [6.45, 7) is 6.24. The molecule has 1 N–H and O–H groups in total. The molecule has 4 heteroatoms. The third-order valence-corrected chi connectivity index (χ3v) is 4.34. The number of nitrogens with one attached hydrogen (secondary N) is 1. The van der Waals surface area contributed by atoms with Gasteiger partial charge in [-0.05, 0) is 38.1 Å². The summed E-state index contributed by atoms with van der Waals surface area (Å²) in [6, 6.07) is 5.79. The second-order valence-corrected chi connectivity index (χ2v) is 5.55. The van der Waals surface area contributed by atoms with Crippen LogP contribution in [-0.4, -0.2) is 44.7 Å². The van der Waals surface area contributed by atoms with E-state index in [4.69, 9.17) is 0 Å². The first-order chi connectivity index (χ1) is 9.67. The van der Waals surface area contributed by atoms with Gasteiger partial charge in [0.1, 0.15) is 5.82 Å². The van der Waals surface area contributed by atoms with Gasteiger partial charge in [-0.25, -0.2) is 4.39 Å². The lowest BCUT2D eigenvalue weighted by atomic mass is 10.0. The lowest BCUT2D eigenvalue weighted by Gasteiger charge is -2.38. The zero-order chi connectivity index (χ0) is 14.5. The Labute approximate surface area is 121 Å². The Hall–Kier alpha value is -1.13. The highest BCUT2D eigenvalue weighted by atomic mass is 19.1. The van der Waals surface area contributed by atoms with Crippen molar-refractivity contribution in [3.05, 3.63) is 29.6 Å². The third-order valence-electron chi connectivity index (χ3n) is 4.34. The Morgan fingerprint density at radius 3 is 2.65 bits per heavy atom. The smallest absolute Gasteiger partial charge is 0.146 e. The second-order valence-electron chi connectivity index (χ2n) is 5.55. The van der Waals surface area contributed by atoms with Gasteiger partial charge in [0.2, 0.25) is 0 Å². The van der Waals surface area contributed by atoms with E-state index < -0.39 is 0 Å². The van der Waals surface area contributed by atoms with Crippen LogP contribution in [0.4, 0.5) is 10.1 Å². The lowest BCUT2D eigenvalue weighted by Crippen LogP contribution is -2.44. The number of likely N-dealkylation sites (tertiary alicyclic amines) is 1. The molecular weight excluding hydrogens is 253 g/mol. The van der Waals surface area contributed by atoms with Crippen molar-refractivity contribution in [1.82, 2.24) is 10.2 Å². The summed E-state index contributed by atoms with van der Waals surface area (Å²) < 4.78 is 14.2. The maximum absolute atomic E-state index is 14.2. The molecule has 0 spiro atoms. The molecule has 1 aliphatic heterocycles. The zero-order valence-electron chi connectivity index (χ0n) is 12.8. The molecule has 0 aliphatic carbocycles. The van der Waals surface area contributed by atoms with E-state index in [1.165, 1.54) is 0 Å². The molecule has 1 aromatic rings. The minimum absolute atomic E-state index is 0.113. The van der Waals surface area contributed by atoms with Crippen LogP contribution in [0.5, 0.6) is 0 Å². The molecule has 0 unspecified atom stereocenters. The monoisotopic (exact) mass is 279 g/mol. The van der Waals surface area contributed by atoms with E-state index in [9.17, 15) is 4.39 Å². The van der Waals surface area contributed by atoms with E-state index in [2.05, 4.69) is 22.0 Å². The summed E-state index contributed by atoms with van der Waals surface area (Å²) >= 11 is 0. The van der Waals surface area contributed by atoms with Crippen molar-refractivity contribution in [1.29, 1.82) is 0 Å². The quantitative estimate of drug-likeness (QED) is 0.893. The molecule has 0 radical (unpaired) electrons. The molecule has 3 nitrogen and oxygen atoms in total. The number of nitrogens with zero attached hydrogens (tertiary/aromatic N) is 2. The molecule has 20 heavy (non-hydrogen) atoms. The van der Waals surface area contributed by atoms with E-state index in [1.54, 1.807) is 12.1 Å². The number of para-hydroxylation sites is 1. The molecule has 1 saturated heterocycles. The average Bonchev–Trinajstić information content (AvgIpc) is 2.47. The number of anilines is 1. The maximum atomic E-state index is 14.2. The fourth-order valence-corrected chi connectivity index (χ4v) is 3.09. The maximum Gasteiger partial charge on any atom is 0.146 e. The van der Waals surface area contributed by atoms with E-state index in [1.807, 2.05) is 20.2 Å². The normalized spacial score (nSPS) is 17.4. The SMILES string of the molecule is CCN1CCC(N(C)c2c(F)cccc2CNC)CC1. The highest BCUT2D eigenvalue weighted by molar-refractivity contribution is 5.55. The van der Waals surface area contributed by atoms with Crippen LogP contribution < -0.4 is 10.2 Å². The number of hydrogen-bond donors (Lipinski definition) is 1. The van der Waals surface area contributed by atoms with Gasteiger partial charge in [-0.15, -0.1) is 0 Å². The first kappa shape index (κ1) is 15.3. The van der Waals surface area contributed by atoms with Crippen LogP contribution in [0.1, 0.15) is 25.3 Å². The van der Waals surface area contributed by atoms with Gasteiger partial charge < -0.3 is 15.1 Å². The molecule has 2 rings (SSSR count). The zero-order valence-corrected chi connectivity index (χ0v) is 12.8. The number of halogens is 1. The highest BCUT2D eigenvalue weighted by Gasteiger charge is 2.24. The Morgan fingerprint density at radius 1 is 1.35 bits per heavy atom. The van der Waals surface area contributed by atoms with Gasteiger partial charge in [-0.3, -0.25) is 0 Å². The highest BCUT2D eigenvalue weighted by Crippen LogP contribution is 2.28. The van der Waals surface area contributed by atoms with Crippen molar-refractivity contribution in [3.63, 3.8) is 0 Å². The average molecular weight is 279 g/mol. The fourth-order valence-electron chi connectivity index (χ4n) is 3.09. The standard InChI is InChI=1S/C16H26FN3/c1-4-20-10-8-14(9-11-20)19(3)16-13(12-18-2)6-5-7-15(16)17/h5-7,14,18H,4,8-12H2,1-3H3. The van der Waals surface area contributed by atoms with Crippen molar-refractivity contribution in [2.45, 2.75) is 32.4 Å². The van der Waals surface area contributed by atoms with Crippen LogP contribution in [0.25, 0.3) is 0 Å². The first-order valence-corrected chi connectivity index (χ1v) is 7.54. The summed E-state index contributed by atoms with van der Waals surface area (Å²) in [7, 11) is 3.93. The van der Waals surface area contributed by atoms with Crippen LogP contribution >= 0.6 is 0 Å². The fraction of sp³-hybridized carbons (Fsp3) is 0.625. The molecule has 0 bridgehead atoms. The van der Waals surface area contributed by atoms with Gasteiger partial charge in [0, 0.05) is 32.7 Å². The number of piperidine rings is 1. The van der Waals surface area contributed by atoms with Gasteiger partial charge >= 0.3 is 0 Å². The molecule has 0 atom stereocenters. The molecule has 0 aromatic heterocycles. The van der Waals surface area contributed by atoms with Crippen LogP contribution in [0, 0.1) is 5.82 Å². The van der Waals surface area contributed by atoms with Crippen LogP contribution in [0.15, 0.2) is 18.2 Å². The summed E-state index contributed by atoms with van der Waals surface area (Å²) in [6.07, 6.45) is 2.22. The molecule has 0 saturated carbocycles. The molecule has 0 amide bonds. The van der Waals surface area contributed by atoms with E-state index >= 15 is 0 Å². The summed E-state index contributed by atoms with van der Waals surface area (Å²) in [5.41, 5.74) is 1.80. The van der Waals surface area contributed by atoms with E-state index in [0.717, 1.165) is 43.7 Å². The molecule has 1 fully saturated rings. The number of hydrogen-bond acceptors (Lipinski definition) is 3. The van der Waals surface area contributed by atoms with E-state index in [-0.39, 0.29) is 5.82 Å². The Morgan fingerprint density at radius 2 is 2.05 bits per heavy atom. The summed E-state index contributed by atoms with van der Waals surface area (Å²) in [5.74, 6) is -0.113. The van der Waals surface area contributed by atoms with E-state index in [0.29, 0.717) is 12.6 Å². The van der Waals surface area contributed by atoms with Crippen LogP contribution in [0.3, 0.4) is 0 Å². The van der Waals surface area contributed by atoms with Crippen molar-refractivity contribution in [3.8, 4) is 0 Å². The molecule has 1 heterocycles. The molecular formula is C16H26FN3. The summed E-state index contributed by atoms with van der Waals surface area (Å²) in [5, 5.41) is 3.12. The van der Waals surface area contributed by atoms with Gasteiger partial charge in [-0.1, -0.05) is 19.1 Å². The molecule has 1 aliphatic rings. The Bertz CT molecular complexity index is 428.